The van der Waals surface area contributed by atoms with E-state index in [0.717, 1.165) is 5.52 Å². The van der Waals surface area contributed by atoms with E-state index in [-0.39, 0.29) is 11.2 Å². The van der Waals surface area contributed by atoms with Crippen LogP contribution in [0.1, 0.15) is 0 Å². The van der Waals surface area contributed by atoms with Gasteiger partial charge < -0.3 is 4.57 Å². The third-order valence-electron chi connectivity index (χ3n) is 2.05. The number of rotatable bonds is 0. The number of nitrogens with zero attached hydrogens (tertiary/aromatic N) is 1. The lowest BCUT2D eigenvalue weighted by molar-refractivity contribution is 0.629. The van der Waals surface area contributed by atoms with Crippen molar-refractivity contribution in [2.75, 3.05) is 0 Å². The molecule has 2 aromatic rings. The van der Waals surface area contributed by atoms with Crippen LogP contribution in [0.5, 0.6) is 0 Å². The predicted octanol–water partition coefficient (Wildman–Crippen LogP) is 1.68. The molecule has 0 unspecified atom stereocenters. The molecule has 0 aliphatic rings. The highest BCUT2D eigenvalue weighted by Gasteiger charge is 2.00. The largest absolute Gasteiger partial charge is 0.350 e. The van der Waals surface area contributed by atoms with E-state index in [1.54, 1.807) is 16.8 Å². The molecule has 0 N–H and O–H groups in total. The van der Waals surface area contributed by atoms with Gasteiger partial charge in [0.2, 0.25) is 0 Å². The molecule has 0 saturated heterocycles. The summed E-state index contributed by atoms with van der Waals surface area (Å²) in [6.07, 6.45) is 1.67. The van der Waals surface area contributed by atoms with Gasteiger partial charge in [-0.3, -0.25) is 4.79 Å². The first-order valence-electron chi connectivity index (χ1n) is 3.93. The summed E-state index contributed by atoms with van der Waals surface area (Å²) in [4.78, 5) is 11.3. The van der Waals surface area contributed by atoms with Gasteiger partial charge in [0, 0.05) is 24.7 Å². The zero-order valence-corrected chi connectivity index (χ0v) is 7.12. The van der Waals surface area contributed by atoms with E-state index in [1.165, 1.54) is 18.2 Å². The monoisotopic (exact) mass is 177 g/mol. The molecule has 13 heavy (non-hydrogen) atoms. The molecule has 1 aromatic carbocycles. The first-order chi connectivity index (χ1) is 6.18. The van der Waals surface area contributed by atoms with E-state index in [0.29, 0.717) is 5.39 Å². The second-order valence-corrected chi connectivity index (χ2v) is 2.95. The maximum absolute atomic E-state index is 12.8. The Hall–Kier alpha value is -1.64. The van der Waals surface area contributed by atoms with Gasteiger partial charge in [0.1, 0.15) is 5.82 Å². The highest BCUT2D eigenvalue weighted by molar-refractivity contribution is 5.78. The first kappa shape index (κ1) is 7.98. The number of fused-ring (bicyclic) bond motifs is 1. The zero-order valence-electron chi connectivity index (χ0n) is 7.12. The molecule has 0 atom stereocenters. The van der Waals surface area contributed by atoms with Crippen LogP contribution in [0.3, 0.4) is 0 Å². The van der Waals surface area contributed by atoms with Crippen molar-refractivity contribution in [1.82, 2.24) is 4.57 Å². The van der Waals surface area contributed by atoms with Gasteiger partial charge in [0.05, 0.1) is 5.52 Å². The number of benzene rings is 1. The zero-order chi connectivity index (χ0) is 9.42. The Labute approximate surface area is 74.2 Å². The van der Waals surface area contributed by atoms with Gasteiger partial charge in [0.25, 0.3) is 0 Å². The van der Waals surface area contributed by atoms with E-state index >= 15 is 0 Å². The SMILES string of the molecule is Cn1ccc(=O)c2cc(F)ccc21. The molecule has 1 heterocycles. The summed E-state index contributed by atoms with van der Waals surface area (Å²) >= 11 is 0. The van der Waals surface area contributed by atoms with Gasteiger partial charge in [-0.05, 0) is 18.2 Å². The Bertz CT molecular complexity index is 516. The van der Waals surface area contributed by atoms with Crippen LogP contribution in [0.2, 0.25) is 0 Å². The van der Waals surface area contributed by atoms with Crippen LogP contribution in [-0.4, -0.2) is 4.57 Å². The highest BCUT2D eigenvalue weighted by atomic mass is 19.1. The van der Waals surface area contributed by atoms with E-state index in [9.17, 15) is 9.18 Å². The summed E-state index contributed by atoms with van der Waals surface area (Å²) in [5.41, 5.74) is 0.599. The lowest BCUT2D eigenvalue weighted by atomic mass is 10.2. The number of hydrogen-bond acceptors (Lipinski definition) is 1. The van der Waals surface area contributed by atoms with Crippen molar-refractivity contribution in [1.29, 1.82) is 0 Å². The molecular weight excluding hydrogens is 169 g/mol. The molecule has 0 bridgehead atoms. The van der Waals surface area contributed by atoms with Crippen LogP contribution in [0, 0.1) is 5.82 Å². The maximum atomic E-state index is 12.8. The Kier molecular flexibility index (Phi) is 1.65. The van der Waals surface area contributed by atoms with E-state index in [2.05, 4.69) is 0 Å². The van der Waals surface area contributed by atoms with Crippen molar-refractivity contribution in [2.45, 2.75) is 0 Å². The number of pyridine rings is 1. The fourth-order valence-corrected chi connectivity index (χ4v) is 1.36. The van der Waals surface area contributed by atoms with Crippen LogP contribution in [0.25, 0.3) is 10.9 Å². The Morgan fingerprint density at radius 1 is 1.31 bits per heavy atom. The molecule has 0 aliphatic carbocycles. The van der Waals surface area contributed by atoms with Crippen LogP contribution < -0.4 is 5.43 Å². The van der Waals surface area contributed by atoms with E-state index in [1.807, 2.05) is 7.05 Å². The van der Waals surface area contributed by atoms with Crippen molar-refractivity contribution in [3.8, 4) is 0 Å². The molecule has 2 nitrogen and oxygen atoms in total. The van der Waals surface area contributed by atoms with E-state index in [4.69, 9.17) is 0 Å². The molecule has 3 heteroatoms. The fourth-order valence-electron chi connectivity index (χ4n) is 1.36. The summed E-state index contributed by atoms with van der Waals surface area (Å²) in [5.74, 6) is -0.379. The van der Waals surface area contributed by atoms with E-state index < -0.39 is 0 Å². The van der Waals surface area contributed by atoms with Gasteiger partial charge in [-0.1, -0.05) is 0 Å². The molecule has 0 fully saturated rings. The number of aryl methyl sites for hydroxylation is 1. The summed E-state index contributed by atoms with van der Waals surface area (Å²) in [7, 11) is 1.82. The smallest absolute Gasteiger partial charge is 0.189 e. The molecule has 0 aliphatic heterocycles. The van der Waals surface area contributed by atoms with Gasteiger partial charge in [-0.15, -0.1) is 0 Å². The minimum Gasteiger partial charge on any atom is -0.350 e. The highest BCUT2D eigenvalue weighted by Crippen LogP contribution is 2.10. The summed E-state index contributed by atoms with van der Waals surface area (Å²) in [5, 5.41) is 0.421. The second kappa shape index (κ2) is 2.69. The lowest BCUT2D eigenvalue weighted by Crippen LogP contribution is -2.04. The van der Waals surface area contributed by atoms with Gasteiger partial charge in [0.15, 0.2) is 5.43 Å². The predicted molar refractivity (Wildman–Crippen MR) is 49.1 cm³/mol. The Balaban J connectivity index is 3.01. The standard InChI is InChI=1S/C10H8FNO/c1-12-5-4-10(13)8-6-7(11)2-3-9(8)12/h2-6H,1H3. The number of halogens is 1. The quantitative estimate of drug-likeness (QED) is 0.600. The third kappa shape index (κ3) is 1.22. The summed E-state index contributed by atoms with van der Waals surface area (Å²) in [6.45, 7) is 0. The van der Waals surface area contributed by atoms with Crippen molar-refractivity contribution in [2.24, 2.45) is 7.05 Å². The molecule has 1 aromatic heterocycles. The summed E-state index contributed by atoms with van der Waals surface area (Å²) < 4.78 is 14.6. The Morgan fingerprint density at radius 3 is 2.85 bits per heavy atom. The minimum absolute atomic E-state index is 0.146. The fraction of sp³-hybridized carbons (Fsp3) is 0.100. The molecule has 0 spiro atoms. The molecule has 0 saturated carbocycles. The summed E-state index contributed by atoms with van der Waals surface area (Å²) in [6, 6.07) is 5.65. The maximum Gasteiger partial charge on any atom is 0.189 e. The lowest BCUT2D eigenvalue weighted by Gasteiger charge is -2.03. The second-order valence-electron chi connectivity index (χ2n) is 2.95. The van der Waals surface area contributed by atoms with Crippen LogP contribution in [-0.2, 0) is 7.05 Å². The average Bonchev–Trinajstić information content (AvgIpc) is 2.12. The van der Waals surface area contributed by atoms with Gasteiger partial charge in [-0.25, -0.2) is 4.39 Å². The van der Waals surface area contributed by atoms with Crippen LogP contribution in [0.15, 0.2) is 35.3 Å². The van der Waals surface area contributed by atoms with Crippen molar-refractivity contribution >= 4 is 10.9 Å². The minimum atomic E-state index is -0.379. The molecule has 0 radical (unpaired) electrons. The van der Waals surface area contributed by atoms with Gasteiger partial charge in [-0.2, -0.15) is 0 Å². The first-order valence-corrected chi connectivity index (χ1v) is 3.93. The molecule has 66 valence electrons. The number of aromatic nitrogens is 1. The molecular formula is C10H8FNO. The number of hydrogen-bond donors (Lipinski definition) is 0. The van der Waals surface area contributed by atoms with Crippen molar-refractivity contribution in [3.05, 3.63) is 46.5 Å². The van der Waals surface area contributed by atoms with Gasteiger partial charge >= 0.3 is 0 Å². The topological polar surface area (TPSA) is 22.0 Å². The third-order valence-corrected chi connectivity index (χ3v) is 2.05. The Morgan fingerprint density at radius 2 is 2.08 bits per heavy atom. The normalized spacial score (nSPS) is 10.6. The molecule has 2 rings (SSSR count). The average molecular weight is 177 g/mol. The van der Waals surface area contributed by atoms with Crippen molar-refractivity contribution < 1.29 is 4.39 Å². The van der Waals surface area contributed by atoms with Crippen LogP contribution in [0.4, 0.5) is 4.39 Å². The van der Waals surface area contributed by atoms with Crippen LogP contribution >= 0.6 is 0 Å². The molecule has 0 amide bonds. The van der Waals surface area contributed by atoms with Crippen molar-refractivity contribution in [3.63, 3.8) is 0 Å².